The largest absolute Gasteiger partial charge is 0.494 e. The van der Waals surface area contributed by atoms with E-state index in [1.807, 2.05) is 13.0 Å². The number of carbonyl (C=O) groups is 3. The predicted octanol–water partition coefficient (Wildman–Crippen LogP) is 4.43. The summed E-state index contributed by atoms with van der Waals surface area (Å²) in [4.78, 5) is 35.8. The molecular formula is C26H23N3O6. The Morgan fingerprint density at radius 2 is 1.71 bits per heavy atom. The molecule has 3 N–H and O–H groups in total. The van der Waals surface area contributed by atoms with Crippen LogP contribution in [0.1, 0.15) is 44.6 Å². The van der Waals surface area contributed by atoms with Crippen molar-refractivity contribution in [1.82, 2.24) is 4.57 Å². The van der Waals surface area contributed by atoms with Gasteiger partial charge in [0.2, 0.25) is 0 Å². The van der Waals surface area contributed by atoms with E-state index in [2.05, 4.69) is 5.32 Å². The van der Waals surface area contributed by atoms with Crippen molar-refractivity contribution in [2.45, 2.75) is 20.8 Å². The smallest absolute Gasteiger partial charge is 0.335 e. The van der Waals surface area contributed by atoms with Gasteiger partial charge in [0.1, 0.15) is 17.4 Å². The van der Waals surface area contributed by atoms with E-state index in [0.29, 0.717) is 40.7 Å². The van der Waals surface area contributed by atoms with Gasteiger partial charge < -0.3 is 24.8 Å². The first-order valence-corrected chi connectivity index (χ1v) is 10.6. The minimum atomic E-state index is -1.26. The Balaban J connectivity index is 1.99. The van der Waals surface area contributed by atoms with Crippen LogP contribution in [-0.4, -0.2) is 39.2 Å². The van der Waals surface area contributed by atoms with Crippen molar-refractivity contribution in [3.05, 3.63) is 82.2 Å². The summed E-state index contributed by atoms with van der Waals surface area (Å²) < 4.78 is 7.09. The van der Waals surface area contributed by atoms with Crippen molar-refractivity contribution < 1.29 is 29.3 Å². The maximum atomic E-state index is 12.7. The molecule has 178 valence electrons. The monoisotopic (exact) mass is 473 g/mol. The Hall–Kier alpha value is -4.84. The third-order valence-corrected chi connectivity index (χ3v) is 5.21. The van der Waals surface area contributed by atoms with E-state index < -0.39 is 17.8 Å². The fraction of sp³-hybridized carbons (Fsp3) is 0.154. The van der Waals surface area contributed by atoms with Crippen LogP contribution < -0.4 is 10.1 Å². The molecule has 0 aliphatic rings. The number of carbonyl (C=O) groups excluding carboxylic acids is 1. The molecular weight excluding hydrogens is 450 g/mol. The van der Waals surface area contributed by atoms with Gasteiger partial charge in [0.15, 0.2) is 0 Å². The normalized spacial score (nSPS) is 11.0. The second-order valence-electron chi connectivity index (χ2n) is 7.63. The Bertz CT molecular complexity index is 1360. The fourth-order valence-corrected chi connectivity index (χ4v) is 3.65. The lowest BCUT2D eigenvalue weighted by Gasteiger charge is -2.12. The molecule has 0 bridgehead atoms. The Kier molecular flexibility index (Phi) is 7.37. The number of aromatic nitrogens is 1. The summed E-state index contributed by atoms with van der Waals surface area (Å²) in [5.74, 6) is -2.53. The molecule has 1 heterocycles. The summed E-state index contributed by atoms with van der Waals surface area (Å²) in [6.45, 7) is 5.80. The topological polar surface area (TPSA) is 142 Å². The molecule has 0 aliphatic carbocycles. The number of hydrogen-bond donors (Lipinski definition) is 3. The average Bonchev–Trinajstić information content (AvgIpc) is 3.09. The third kappa shape index (κ3) is 5.57. The van der Waals surface area contributed by atoms with Gasteiger partial charge in [0, 0.05) is 28.8 Å². The number of hydrogen-bond acceptors (Lipinski definition) is 5. The van der Waals surface area contributed by atoms with Gasteiger partial charge in [0.05, 0.1) is 17.7 Å². The second kappa shape index (κ2) is 10.4. The van der Waals surface area contributed by atoms with E-state index in [9.17, 15) is 29.9 Å². The molecule has 35 heavy (non-hydrogen) atoms. The fourth-order valence-electron chi connectivity index (χ4n) is 3.65. The number of aryl methyl sites for hydroxylation is 1. The SMILES string of the molecule is CCOc1cccc(NC(=O)/C(C#N)=C\c2cc(C)n(-c3cc(C(=O)O)cc(C(=O)O)c3)c2C)c1. The first kappa shape index (κ1) is 24.8. The van der Waals surface area contributed by atoms with Crippen molar-refractivity contribution in [2.24, 2.45) is 0 Å². The maximum absolute atomic E-state index is 12.7. The van der Waals surface area contributed by atoms with E-state index >= 15 is 0 Å². The molecule has 0 fully saturated rings. The van der Waals surface area contributed by atoms with Crippen LogP contribution in [0.3, 0.4) is 0 Å². The van der Waals surface area contributed by atoms with E-state index in [1.165, 1.54) is 18.2 Å². The van der Waals surface area contributed by atoms with Crippen LogP contribution in [-0.2, 0) is 4.79 Å². The molecule has 0 saturated heterocycles. The summed E-state index contributed by atoms with van der Waals surface area (Å²) in [6, 6.07) is 14.3. The molecule has 0 radical (unpaired) electrons. The third-order valence-electron chi connectivity index (χ3n) is 5.21. The summed E-state index contributed by atoms with van der Waals surface area (Å²) in [5.41, 5.74) is 2.14. The van der Waals surface area contributed by atoms with Crippen LogP contribution in [0, 0.1) is 25.2 Å². The number of nitriles is 1. The highest BCUT2D eigenvalue weighted by atomic mass is 16.5. The van der Waals surface area contributed by atoms with Crippen molar-refractivity contribution in [3.63, 3.8) is 0 Å². The van der Waals surface area contributed by atoms with E-state index in [4.69, 9.17) is 4.74 Å². The van der Waals surface area contributed by atoms with Gasteiger partial charge in [-0.15, -0.1) is 0 Å². The van der Waals surface area contributed by atoms with Crippen LogP contribution in [0.4, 0.5) is 5.69 Å². The van der Waals surface area contributed by atoms with Crippen LogP contribution in [0.2, 0.25) is 0 Å². The number of ether oxygens (including phenoxy) is 1. The number of anilines is 1. The first-order valence-electron chi connectivity index (χ1n) is 10.6. The number of nitrogens with one attached hydrogen (secondary N) is 1. The zero-order valence-electron chi connectivity index (χ0n) is 19.3. The molecule has 0 spiro atoms. The van der Waals surface area contributed by atoms with Gasteiger partial charge in [-0.1, -0.05) is 6.07 Å². The molecule has 1 aromatic heterocycles. The van der Waals surface area contributed by atoms with E-state index in [-0.39, 0.29) is 16.7 Å². The summed E-state index contributed by atoms with van der Waals surface area (Å²) in [7, 11) is 0. The number of aromatic carboxylic acids is 2. The van der Waals surface area contributed by atoms with Crippen molar-refractivity contribution in [1.29, 1.82) is 5.26 Å². The lowest BCUT2D eigenvalue weighted by molar-refractivity contribution is -0.112. The van der Waals surface area contributed by atoms with E-state index in [0.717, 1.165) is 6.07 Å². The highest BCUT2D eigenvalue weighted by molar-refractivity contribution is 6.09. The molecule has 9 nitrogen and oxygen atoms in total. The van der Waals surface area contributed by atoms with Crippen molar-refractivity contribution >= 4 is 29.6 Å². The zero-order valence-corrected chi connectivity index (χ0v) is 19.3. The number of carboxylic acid groups (broad SMARTS) is 2. The van der Waals surface area contributed by atoms with Crippen molar-refractivity contribution in [3.8, 4) is 17.5 Å². The lowest BCUT2D eigenvalue weighted by Crippen LogP contribution is -2.13. The standard InChI is InChI=1S/C26H23N3O6/c1-4-35-23-7-5-6-21(13-23)28-24(30)20(14-27)9-17-8-15(2)29(16(17)3)22-11-18(25(31)32)10-19(12-22)26(33)34/h5-13H,4H2,1-3H3,(H,28,30)(H,31,32)(H,33,34)/b20-9-. The second-order valence-corrected chi connectivity index (χ2v) is 7.63. The molecule has 1 amide bonds. The summed E-state index contributed by atoms with van der Waals surface area (Å²) >= 11 is 0. The number of benzene rings is 2. The molecule has 0 atom stereocenters. The summed E-state index contributed by atoms with van der Waals surface area (Å²) in [6.07, 6.45) is 1.43. The van der Waals surface area contributed by atoms with Gasteiger partial charge in [0.25, 0.3) is 5.91 Å². The van der Waals surface area contributed by atoms with Crippen molar-refractivity contribution in [2.75, 3.05) is 11.9 Å². The van der Waals surface area contributed by atoms with Gasteiger partial charge in [-0.3, -0.25) is 4.79 Å². The predicted molar refractivity (Wildman–Crippen MR) is 129 cm³/mol. The Morgan fingerprint density at radius 3 is 2.29 bits per heavy atom. The van der Waals surface area contributed by atoms with Crippen LogP contribution >= 0.6 is 0 Å². The maximum Gasteiger partial charge on any atom is 0.335 e. The van der Waals surface area contributed by atoms with Crippen LogP contribution in [0.25, 0.3) is 11.8 Å². The zero-order chi connectivity index (χ0) is 25.7. The van der Waals surface area contributed by atoms with Crippen LogP contribution in [0.5, 0.6) is 5.75 Å². The first-order chi connectivity index (χ1) is 16.6. The number of amides is 1. The van der Waals surface area contributed by atoms with E-state index in [1.54, 1.807) is 48.7 Å². The minimum Gasteiger partial charge on any atom is -0.494 e. The molecule has 2 aromatic carbocycles. The lowest BCUT2D eigenvalue weighted by atomic mass is 10.1. The Labute approximate surface area is 201 Å². The highest BCUT2D eigenvalue weighted by Crippen LogP contribution is 2.25. The molecule has 0 aliphatic heterocycles. The number of rotatable bonds is 8. The minimum absolute atomic E-state index is 0.141. The molecule has 0 saturated carbocycles. The van der Waals surface area contributed by atoms with Gasteiger partial charge in [-0.2, -0.15) is 5.26 Å². The van der Waals surface area contributed by atoms with Gasteiger partial charge >= 0.3 is 11.9 Å². The molecule has 3 rings (SSSR count). The quantitative estimate of drug-likeness (QED) is 0.324. The average molecular weight is 473 g/mol. The molecule has 3 aromatic rings. The highest BCUT2D eigenvalue weighted by Gasteiger charge is 2.17. The van der Waals surface area contributed by atoms with Crippen LogP contribution in [0.15, 0.2) is 54.1 Å². The molecule has 0 unspecified atom stereocenters. The van der Waals surface area contributed by atoms with Gasteiger partial charge in [-0.25, -0.2) is 9.59 Å². The van der Waals surface area contributed by atoms with Gasteiger partial charge in [-0.05, 0) is 68.8 Å². The molecule has 9 heteroatoms. The summed E-state index contributed by atoms with van der Waals surface area (Å²) in [5, 5.41) is 31.1. The number of nitrogens with zero attached hydrogens (tertiary/aromatic N) is 2. The number of carboxylic acids is 2. The Morgan fingerprint density at radius 1 is 1.06 bits per heavy atom.